The van der Waals surface area contributed by atoms with Crippen LogP contribution in [0.3, 0.4) is 0 Å². The van der Waals surface area contributed by atoms with Gasteiger partial charge in [-0.05, 0) is 31.6 Å². The van der Waals surface area contributed by atoms with E-state index in [4.69, 9.17) is 0 Å². The molecule has 0 bridgehead atoms. The fourth-order valence-electron chi connectivity index (χ4n) is 3.81. The second-order valence-electron chi connectivity index (χ2n) is 6.16. The van der Waals surface area contributed by atoms with Crippen LogP contribution < -0.4 is 0 Å². The monoisotopic (exact) mass is 292 g/mol. The number of likely N-dealkylation sites (tertiary alicyclic amines) is 1. The highest BCUT2D eigenvalue weighted by atomic mass is 16.5. The van der Waals surface area contributed by atoms with Crippen LogP contribution in [0.4, 0.5) is 0 Å². The van der Waals surface area contributed by atoms with Crippen molar-refractivity contribution in [2.75, 3.05) is 13.7 Å². The van der Waals surface area contributed by atoms with Crippen molar-refractivity contribution < 1.29 is 9.53 Å². The minimum atomic E-state index is -0.473. The average Bonchev–Trinajstić information content (AvgIpc) is 3.17. The molecule has 1 saturated carbocycles. The van der Waals surface area contributed by atoms with Crippen molar-refractivity contribution in [2.45, 2.75) is 57.7 Å². The largest absolute Gasteiger partial charge is 0.463 e. The Morgan fingerprint density at radius 3 is 2.86 bits per heavy atom. The predicted octanol–water partition coefficient (Wildman–Crippen LogP) is 2.07. The van der Waals surface area contributed by atoms with Crippen LogP contribution in [0.1, 0.15) is 55.6 Å². The summed E-state index contributed by atoms with van der Waals surface area (Å²) in [6.07, 6.45) is 11.1. The minimum absolute atomic E-state index is 0.144. The lowest BCUT2D eigenvalue weighted by Crippen LogP contribution is -2.37. The van der Waals surface area contributed by atoms with E-state index in [-0.39, 0.29) is 5.82 Å². The number of carbonyl (C=O) groups is 1. The summed E-state index contributed by atoms with van der Waals surface area (Å²) in [5.41, 5.74) is 0. The fraction of sp³-hybridized carbons (Fsp3) is 0.800. The Labute approximate surface area is 125 Å². The Bertz CT molecular complexity index is 482. The first-order chi connectivity index (χ1) is 10.3. The highest BCUT2D eigenvalue weighted by Crippen LogP contribution is 2.34. The highest BCUT2D eigenvalue weighted by Gasteiger charge is 2.32. The van der Waals surface area contributed by atoms with Crippen LogP contribution in [-0.4, -0.2) is 45.3 Å². The molecule has 1 aromatic rings. The van der Waals surface area contributed by atoms with Gasteiger partial charge in [-0.25, -0.2) is 14.5 Å². The third-order valence-electron chi connectivity index (χ3n) is 4.84. The zero-order valence-corrected chi connectivity index (χ0v) is 12.7. The van der Waals surface area contributed by atoms with Gasteiger partial charge in [-0.1, -0.05) is 19.3 Å². The first kappa shape index (κ1) is 14.5. The molecule has 3 rings (SSSR count). The van der Waals surface area contributed by atoms with E-state index in [2.05, 4.69) is 19.7 Å². The third kappa shape index (κ3) is 3.26. The van der Waals surface area contributed by atoms with Gasteiger partial charge in [-0.3, -0.25) is 4.90 Å². The van der Waals surface area contributed by atoms with Crippen molar-refractivity contribution in [3.05, 3.63) is 12.2 Å². The molecular weight excluding hydrogens is 268 g/mol. The van der Waals surface area contributed by atoms with E-state index in [0.29, 0.717) is 6.04 Å². The van der Waals surface area contributed by atoms with Crippen molar-refractivity contribution >= 4 is 5.97 Å². The molecule has 0 N–H and O–H groups in total. The third-order valence-corrected chi connectivity index (χ3v) is 4.84. The number of rotatable bonds is 4. The van der Waals surface area contributed by atoms with Gasteiger partial charge in [0.2, 0.25) is 0 Å². The van der Waals surface area contributed by atoms with Crippen molar-refractivity contribution in [1.82, 2.24) is 19.7 Å². The summed E-state index contributed by atoms with van der Waals surface area (Å²) < 4.78 is 6.40. The molecule has 1 aromatic heterocycles. The van der Waals surface area contributed by atoms with Gasteiger partial charge in [0.1, 0.15) is 6.33 Å². The quantitative estimate of drug-likeness (QED) is 0.795. The lowest BCUT2D eigenvalue weighted by Gasteiger charge is -2.33. The molecule has 2 fully saturated rings. The summed E-state index contributed by atoms with van der Waals surface area (Å²) in [7, 11) is 1.35. The van der Waals surface area contributed by atoms with Gasteiger partial charge in [0, 0.05) is 12.6 Å². The minimum Gasteiger partial charge on any atom is -0.463 e. The first-order valence-electron chi connectivity index (χ1n) is 8.00. The Morgan fingerprint density at radius 1 is 1.29 bits per heavy atom. The number of hydrogen-bond donors (Lipinski definition) is 0. The van der Waals surface area contributed by atoms with Crippen LogP contribution in [0, 0.1) is 5.92 Å². The Kier molecular flexibility index (Phi) is 4.53. The topological polar surface area (TPSA) is 60.2 Å². The van der Waals surface area contributed by atoms with Crippen molar-refractivity contribution in [3.8, 4) is 0 Å². The van der Waals surface area contributed by atoms with E-state index in [0.717, 1.165) is 19.1 Å². The summed E-state index contributed by atoms with van der Waals surface area (Å²) in [5, 5.41) is 4.21. The zero-order chi connectivity index (χ0) is 14.7. The van der Waals surface area contributed by atoms with E-state index in [1.807, 2.05) is 0 Å². The van der Waals surface area contributed by atoms with E-state index < -0.39 is 5.97 Å². The number of aromatic nitrogens is 3. The number of nitrogens with zero attached hydrogens (tertiary/aromatic N) is 4. The van der Waals surface area contributed by atoms with Crippen LogP contribution in [0.15, 0.2) is 6.33 Å². The molecule has 0 aromatic carbocycles. The maximum absolute atomic E-state index is 11.4. The lowest BCUT2D eigenvalue weighted by atomic mass is 9.83. The molecule has 1 aliphatic carbocycles. The molecule has 6 heteroatoms. The predicted molar refractivity (Wildman–Crippen MR) is 77.7 cm³/mol. The molecule has 6 nitrogen and oxygen atoms in total. The SMILES string of the molecule is COC(=O)c1ncn(CN2CCCC2C2CCCCC2)n1. The van der Waals surface area contributed by atoms with Crippen LogP contribution in [-0.2, 0) is 11.4 Å². The van der Waals surface area contributed by atoms with E-state index in [1.54, 1.807) is 11.0 Å². The van der Waals surface area contributed by atoms with Gasteiger partial charge >= 0.3 is 5.97 Å². The molecule has 0 radical (unpaired) electrons. The molecule has 1 saturated heterocycles. The molecule has 2 aliphatic rings. The molecule has 1 unspecified atom stereocenters. The number of esters is 1. The number of carbonyl (C=O) groups excluding carboxylic acids is 1. The normalized spacial score (nSPS) is 24.3. The standard InChI is InChI=1S/C15H24N4O2/c1-21-15(20)14-16-10-19(17-14)11-18-9-5-8-13(18)12-6-3-2-4-7-12/h10,12-13H,2-9,11H2,1H3. The summed E-state index contributed by atoms with van der Waals surface area (Å²) in [6, 6.07) is 0.677. The van der Waals surface area contributed by atoms with Gasteiger partial charge in [0.25, 0.3) is 5.82 Å². The van der Waals surface area contributed by atoms with Gasteiger partial charge in [-0.15, -0.1) is 5.10 Å². The molecule has 1 atom stereocenters. The molecule has 0 spiro atoms. The molecule has 1 aliphatic heterocycles. The second kappa shape index (κ2) is 6.56. The van der Waals surface area contributed by atoms with Gasteiger partial charge in [0.15, 0.2) is 0 Å². The van der Waals surface area contributed by atoms with Crippen molar-refractivity contribution in [3.63, 3.8) is 0 Å². The lowest BCUT2D eigenvalue weighted by molar-refractivity contribution is 0.0584. The maximum atomic E-state index is 11.4. The van der Waals surface area contributed by atoms with E-state index >= 15 is 0 Å². The summed E-state index contributed by atoms with van der Waals surface area (Å²) >= 11 is 0. The van der Waals surface area contributed by atoms with E-state index in [9.17, 15) is 4.79 Å². The Morgan fingerprint density at radius 2 is 2.10 bits per heavy atom. The van der Waals surface area contributed by atoms with Crippen LogP contribution in [0.5, 0.6) is 0 Å². The van der Waals surface area contributed by atoms with Crippen molar-refractivity contribution in [1.29, 1.82) is 0 Å². The molecule has 0 amide bonds. The maximum Gasteiger partial charge on any atom is 0.377 e. The first-order valence-corrected chi connectivity index (χ1v) is 8.00. The number of hydrogen-bond acceptors (Lipinski definition) is 5. The summed E-state index contributed by atoms with van der Waals surface area (Å²) in [5.74, 6) is 0.509. The van der Waals surface area contributed by atoms with Crippen LogP contribution >= 0.6 is 0 Å². The second-order valence-corrected chi connectivity index (χ2v) is 6.16. The molecule has 116 valence electrons. The van der Waals surface area contributed by atoms with Gasteiger partial charge < -0.3 is 4.74 Å². The average molecular weight is 292 g/mol. The zero-order valence-electron chi connectivity index (χ0n) is 12.7. The molecular formula is C15H24N4O2. The molecule has 21 heavy (non-hydrogen) atoms. The summed E-state index contributed by atoms with van der Waals surface area (Å²) in [4.78, 5) is 17.9. The van der Waals surface area contributed by atoms with Gasteiger partial charge in [0.05, 0.1) is 13.8 Å². The highest BCUT2D eigenvalue weighted by molar-refractivity contribution is 5.84. The molecule has 2 heterocycles. The summed E-state index contributed by atoms with van der Waals surface area (Å²) in [6.45, 7) is 1.85. The number of ether oxygens (including phenoxy) is 1. The van der Waals surface area contributed by atoms with Crippen LogP contribution in [0.2, 0.25) is 0 Å². The Hall–Kier alpha value is -1.43. The Balaban J connectivity index is 1.63. The number of methoxy groups -OCH3 is 1. The fourth-order valence-corrected chi connectivity index (χ4v) is 3.81. The van der Waals surface area contributed by atoms with Crippen LogP contribution in [0.25, 0.3) is 0 Å². The van der Waals surface area contributed by atoms with Gasteiger partial charge in [-0.2, -0.15) is 0 Å². The van der Waals surface area contributed by atoms with Crippen molar-refractivity contribution in [2.24, 2.45) is 5.92 Å². The smallest absolute Gasteiger partial charge is 0.377 e. The van der Waals surface area contributed by atoms with E-state index in [1.165, 1.54) is 52.1 Å².